The van der Waals surface area contributed by atoms with E-state index in [-0.39, 0.29) is 0 Å². The summed E-state index contributed by atoms with van der Waals surface area (Å²) in [6, 6.07) is 0. The fourth-order valence-electron chi connectivity index (χ4n) is 2.41. The third-order valence-electron chi connectivity index (χ3n) is 3.33. The standard InChI is InChI=1S/C11H22ClN/c1-9(5-4-8-13)10-6-2-3-7-11(10)12/h9-11H,2-8,13H2,1H3. The molecule has 1 nitrogen and oxygen atoms in total. The second kappa shape index (κ2) is 5.87. The first kappa shape index (κ1) is 11.3. The minimum Gasteiger partial charge on any atom is -0.330 e. The van der Waals surface area contributed by atoms with Crippen molar-refractivity contribution in [1.29, 1.82) is 0 Å². The molecule has 1 aliphatic carbocycles. The zero-order valence-electron chi connectivity index (χ0n) is 8.64. The normalized spacial score (nSPS) is 31.6. The smallest absolute Gasteiger partial charge is 0.0366 e. The van der Waals surface area contributed by atoms with Gasteiger partial charge in [-0.2, -0.15) is 0 Å². The monoisotopic (exact) mass is 203 g/mol. The van der Waals surface area contributed by atoms with Gasteiger partial charge in [0.1, 0.15) is 0 Å². The molecule has 0 spiro atoms. The maximum Gasteiger partial charge on any atom is 0.0366 e. The number of rotatable bonds is 4. The SMILES string of the molecule is CC(CCCN)C1CCCCC1Cl. The average Bonchev–Trinajstić information content (AvgIpc) is 2.15. The second-order valence-electron chi connectivity index (χ2n) is 4.37. The molecule has 0 heterocycles. The van der Waals surface area contributed by atoms with Gasteiger partial charge in [0, 0.05) is 5.38 Å². The van der Waals surface area contributed by atoms with Gasteiger partial charge in [-0.05, 0) is 44.1 Å². The van der Waals surface area contributed by atoms with E-state index in [0.717, 1.165) is 24.8 Å². The topological polar surface area (TPSA) is 26.0 Å². The lowest BCUT2D eigenvalue weighted by atomic mass is 9.78. The van der Waals surface area contributed by atoms with Crippen LogP contribution < -0.4 is 5.73 Å². The van der Waals surface area contributed by atoms with Crippen LogP contribution in [-0.4, -0.2) is 11.9 Å². The summed E-state index contributed by atoms with van der Waals surface area (Å²) in [7, 11) is 0. The molecule has 0 amide bonds. The van der Waals surface area contributed by atoms with E-state index in [1.165, 1.54) is 32.1 Å². The van der Waals surface area contributed by atoms with E-state index in [4.69, 9.17) is 17.3 Å². The van der Waals surface area contributed by atoms with Gasteiger partial charge in [0.2, 0.25) is 0 Å². The van der Waals surface area contributed by atoms with Crippen molar-refractivity contribution in [3.8, 4) is 0 Å². The predicted octanol–water partition coefficient (Wildman–Crippen LogP) is 3.16. The molecule has 0 aromatic heterocycles. The summed E-state index contributed by atoms with van der Waals surface area (Å²) in [5, 5.41) is 0.432. The number of halogens is 1. The minimum atomic E-state index is 0.432. The lowest BCUT2D eigenvalue weighted by Crippen LogP contribution is -2.26. The van der Waals surface area contributed by atoms with Crippen LogP contribution in [0.15, 0.2) is 0 Å². The van der Waals surface area contributed by atoms with Crippen LogP contribution in [0.3, 0.4) is 0 Å². The summed E-state index contributed by atoms with van der Waals surface area (Å²) in [5.41, 5.74) is 5.51. The summed E-state index contributed by atoms with van der Waals surface area (Å²) in [6.45, 7) is 3.16. The highest BCUT2D eigenvalue weighted by atomic mass is 35.5. The number of hydrogen-bond acceptors (Lipinski definition) is 1. The van der Waals surface area contributed by atoms with E-state index in [9.17, 15) is 0 Å². The minimum absolute atomic E-state index is 0.432. The van der Waals surface area contributed by atoms with Crippen LogP contribution in [0.2, 0.25) is 0 Å². The van der Waals surface area contributed by atoms with Crippen molar-refractivity contribution in [3.05, 3.63) is 0 Å². The summed E-state index contributed by atoms with van der Waals surface area (Å²) in [5.74, 6) is 1.52. The molecular weight excluding hydrogens is 182 g/mol. The van der Waals surface area contributed by atoms with E-state index in [0.29, 0.717) is 5.38 Å². The Bertz CT molecular complexity index is 138. The number of nitrogens with two attached hydrogens (primary N) is 1. The summed E-state index contributed by atoms with van der Waals surface area (Å²) in [4.78, 5) is 0. The third kappa shape index (κ3) is 3.47. The maximum absolute atomic E-state index is 6.33. The molecule has 0 aromatic carbocycles. The highest BCUT2D eigenvalue weighted by molar-refractivity contribution is 6.20. The highest BCUT2D eigenvalue weighted by Crippen LogP contribution is 2.35. The first-order valence-electron chi connectivity index (χ1n) is 5.60. The lowest BCUT2D eigenvalue weighted by molar-refractivity contribution is 0.255. The van der Waals surface area contributed by atoms with E-state index in [1.807, 2.05) is 0 Å². The van der Waals surface area contributed by atoms with Crippen LogP contribution in [0.25, 0.3) is 0 Å². The van der Waals surface area contributed by atoms with Crippen molar-refractivity contribution in [1.82, 2.24) is 0 Å². The third-order valence-corrected chi connectivity index (χ3v) is 3.87. The molecule has 78 valence electrons. The molecule has 1 rings (SSSR count). The Morgan fingerprint density at radius 1 is 1.38 bits per heavy atom. The van der Waals surface area contributed by atoms with Gasteiger partial charge in [0.05, 0.1) is 0 Å². The van der Waals surface area contributed by atoms with Gasteiger partial charge in [-0.15, -0.1) is 11.6 Å². The van der Waals surface area contributed by atoms with Gasteiger partial charge in [0.25, 0.3) is 0 Å². The van der Waals surface area contributed by atoms with E-state index in [1.54, 1.807) is 0 Å². The molecule has 1 fully saturated rings. The van der Waals surface area contributed by atoms with Crippen molar-refractivity contribution in [2.45, 2.75) is 50.8 Å². The van der Waals surface area contributed by atoms with Crippen LogP contribution in [0.5, 0.6) is 0 Å². The zero-order chi connectivity index (χ0) is 9.68. The average molecular weight is 204 g/mol. The van der Waals surface area contributed by atoms with Crippen LogP contribution in [-0.2, 0) is 0 Å². The summed E-state index contributed by atoms with van der Waals surface area (Å²) in [6.07, 6.45) is 7.67. The van der Waals surface area contributed by atoms with Crippen molar-refractivity contribution in [2.24, 2.45) is 17.6 Å². The first-order chi connectivity index (χ1) is 6.25. The highest BCUT2D eigenvalue weighted by Gasteiger charge is 2.27. The fraction of sp³-hybridized carbons (Fsp3) is 1.00. The van der Waals surface area contributed by atoms with Gasteiger partial charge < -0.3 is 5.73 Å². The molecule has 3 unspecified atom stereocenters. The van der Waals surface area contributed by atoms with E-state index >= 15 is 0 Å². The van der Waals surface area contributed by atoms with Crippen LogP contribution in [0.4, 0.5) is 0 Å². The van der Waals surface area contributed by atoms with Gasteiger partial charge >= 0.3 is 0 Å². The van der Waals surface area contributed by atoms with Crippen molar-refractivity contribution < 1.29 is 0 Å². The molecule has 0 aliphatic heterocycles. The summed E-state index contributed by atoms with van der Waals surface area (Å²) >= 11 is 6.33. The van der Waals surface area contributed by atoms with Gasteiger partial charge in [-0.1, -0.05) is 19.8 Å². The second-order valence-corrected chi connectivity index (χ2v) is 4.93. The molecule has 1 saturated carbocycles. The maximum atomic E-state index is 6.33. The van der Waals surface area contributed by atoms with Crippen molar-refractivity contribution in [3.63, 3.8) is 0 Å². The molecule has 0 saturated heterocycles. The molecule has 0 aromatic rings. The van der Waals surface area contributed by atoms with Crippen LogP contribution >= 0.6 is 11.6 Å². The first-order valence-corrected chi connectivity index (χ1v) is 6.03. The van der Waals surface area contributed by atoms with Crippen LogP contribution in [0, 0.1) is 11.8 Å². The molecule has 3 atom stereocenters. The van der Waals surface area contributed by atoms with Crippen molar-refractivity contribution in [2.75, 3.05) is 6.54 Å². The van der Waals surface area contributed by atoms with Crippen LogP contribution in [0.1, 0.15) is 45.4 Å². The fourth-order valence-corrected chi connectivity index (χ4v) is 2.94. The lowest BCUT2D eigenvalue weighted by Gasteiger charge is -2.32. The molecule has 2 N–H and O–H groups in total. The number of hydrogen-bond donors (Lipinski definition) is 1. The van der Waals surface area contributed by atoms with Gasteiger partial charge in [-0.3, -0.25) is 0 Å². The molecule has 1 aliphatic rings. The molecule has 0 radical (unpaired) electrons. The quantitative estimate of drug-likeness (QED) is 0.698. The predicted molar refractivity (Wildman–Crippen MR) is 59.1 cm³/mol. The Hall–Kier alpha value is 0.250. The molecule has 0 bridgehead atoms. The van der Waals surface area contributed by atoms with Gasteiger partial charge in [0.15, 0.2) is 0 Å². The molecule has 13 heavy (non-hydrogen) atoms. The van der Waals surface area contributed by atoms with E-state index < -0.39 is 0 Å². The Balaban J connectivity index is 2.30. The van der Waals surface area contributed by atoms with Crippen molar-refractivity contribution >= 4 is 11.6 Å². The van der Waals surface area contributed by atoms with E-state index in [2.05, 4.69) is 6.92 Å². The molecule has 2 heteroatoms. The Labute approximate surface area is 87.0 Å². The molecular formula is C11H22ClN. The Morgan fingerprint density at radius 3 is 2.69 bits per heavy atom. The van der Waals surface area contributed by atoms with Gasteiger partial charge in [-0.25, -0.2) is 0 Å². The Kier molecular flexibility index (Phi) is 5.12. The Morgan fingerprint density at radius 2 is 2.08 bits per heavy atom. The number of alkyl halides is 1. The largest absolute Gasteiger partial charge is 0.330 e. The zero-order valence-corrected chi connectivity index (χ0v) is 9.39. The summed E-state index contributed by atoms with van der Waals surface area (Å²) < 4.78 is 0.